The van der Waals surface area contributed by atoms with Crippen LogP contribution in [0.5, 0.6) is 0 Å². The summed E-state index contributed by atoms with van der Waals surface area (Å²) in [5.74, 6) is 2.88. The second-order valence-electron chi connectivity index (χ2n) is 5.89. The molecule has 1 saturated carbocycles. The average molecular weight is 263 g/mol. The van der Waals surface area contributed by atoms with Crippen molar-refractivity contribution in [3.63, 3.8) is 0 Å². The van der Waals surface area contributed by atoms with E-state index in [-0.39, 0.29) is 0 Å². The second kappa shape index (κ2) is 7.14. The van der Waals surface area contributed by atoms with E-state index < -0.39 is 0 Å². The normalized spacial score (nSPS) is 25.4. The van der Waals surface area contributed by atoms with Gasteiger partial charge in [0.2, 0.25) is 0 Å². The molecule has 0 radical (unpaired) electrons. The topological polar surface area (TPSA) is 25.2 Å². The van der Waals surface area contributed by atoms with Gasteiger partial charge in [0.05, 0.1) is 6.26 Å². The number of aryl methyl sites for hydroxylation is 1. The van der Waals surface area contributed by atoms with Crippen LogP contribution in [0.4, 0.5) is 0 Å². The largest absolute Gasteiger partial charge is 0.469 e. The lowest BCUT2D eigenvalue weighted by Crippen LogP contribution is -2.32. The summed E-state index contributed by atoms with van der Waals surface area (Å²) in [6, 6.07) is 2.68. The molecule has 1 fully saturated rings. The van der Waals surface area contributed by atoms with Gasteiger partial charge in [-0.2, -0.15) is 0 Å². The summed E-state index contributed by atoms with van der Waals surface area (Å²) in [7, 11) is 0. The van der Waals surface area contributed by atoms with Crippen LogP contribution in [-0.2, 0) is 6.42 Å². The molecule has 1 heterocycles. The highest BCUT2D eigenvalue weighted by molar-refractivity contribution is 5.22. The van der Waals surface area contributed by atoms with Crippen molar-refractivity contribution in [3.8, 4) is 0 Å². The molecule has 1 aromatic rings. The maximum absolute atomic E-state index is 5.65. The summed E-state index contributed by atoms with van der Waals surface area (Å²) in [5, 5.41) is 3.71. The predicted molar refractivity (Wildman–Crippen MR) is 80.2 cm³/mol. The van der Waals surface area contributed by atoms with Gasteiger partial charge in [0.15, 0.2) is 0 Å². The summed E-state index contributed by atoms with van der Waals surface area (Å²) >= 11 is 0. The van der Waals surface area contributed by atoms with Gasteiger partial charge in [0.25, 0.3) is 0 Å². The molecular weight excluding hydrogens is 234 g/mol. The van der Waals surface area contributed by atoms with Crippen molar-refractivity contribution in [2.45, 2.75) is 65.3 Å². The van der Waals surface area contributed by atoms with Crippen molar-refractivity contribution in [2.75, 3.05) is 6.54 Å². The molecule has 3 atom stereocenters. The summed E-state index contributed by atoms with van der Waals surface area (Å²) in [5.41, 5.74) is 1.41. The van der Waals surface area contributed by atoms with Crippen molar-refractivity contribution in [1.29, 1.82) is 0 Å². The SMILES string of the molecule is CCNC(c1ccoc1CC)C1CCCC(CC)C1. The van der Waals surface area contributed by atoms with Crippen LogP contribution in [0.15, 0.2) is 16.7 Å². The zero-order valence-electron chi connectivity index (χ0n) is 12.7. The fourth-order valence-electron chi connectivity index (χ4n) is 3.67. The molecule has 1 N–H and O–H groups in total. The van der Waals surface area contributed by atoms with Gasteiger partial charge in [-0.3, -0.25) is 0 Å². The molecule has 19 heavy (non-hydrogen) atoms. The Hall–Kier alpha value is -0.760. The van der Waals surface area contributed by atoms with Gasteiger partial charge in [-0.15, -0.1) is 0 Å². The minimum Gasteiger partial charge on any atom is -0.469 e. The van der Waals surface area contributed by atoms with E-state index in [1.165, 1.54) is 43.4 Å². The van der Waals surface area contributed by atoms with Crippen LogP contribution in [-0.4, -0.2) is 6.54 Å². The van der Waals surface area contributed by atoms with Crippen LogP contribution >= 0.6 is 0 Å². The van der Waals surface area contributed by atoms with E-state index in [1.54, 1.807) is 0 Å². The first kappa shape index (κ1) is 14.6. The Morgan fingerprint density at radius 2 is 2.16 bits per heavy atom. The first-order valence-corrected chi connectivity index (χ1v) is 8.09. The molecule has 1 aliphatic rings. The fraction of sp³-hybridized carbons (Fsp3) is 0.765. The second-order valence-corrected chi connectivity index (χ2v) is 5.89. The van der Waals surface area contributed by atoms with Gasteiger partial charge in [-0.25, -0.2) is 0 Å². The lowest BCUT2D eigenvalue weighted by atomic mass is 9.75. The molecule has 2 rings (SSSR count). The van der Waals surface area contributed by atoms with E-state index >= 15 is 0 Å². The Morgan fingerprint density at radius 3 is 2.84 bits per heavy atom. The van der Waals surface area contributed by atoms with Gasteiger partial charge in [-0.05, 0) is 37.3 Å². The number of furan rings is 1. The van der Waals surface area contributed by atoms with E-state index in [0.717, 1.165) is 24.8 Å². The molecule has 0 aliphatic heterocycles. The minimum atomic E-state index is 0.494. The molecule has 0 bridgehead atoms. The Kier molecular flexibility index (Phi) is 5.50. The number of rotatable bonds is 6. The Bertz CT molecular complexity index is 371. The highest BCUT2D eigenvalue weighted by Gasteiger charge is 2.30. The molecule has 0 amide bonds. The summed E-state index contributed by atoms with van der Waals surface area (Å²) in [4.78, 5) is 0. The quantitative estimate of drug-likeness (QED) is 0.804. The van der Waals surface area contributed by atoms with Gasteiger partial charge < -0.3 is 9.73 Å². The lowest BCUT2D eigenvalue weighted by Gasteiger charge is -2.34. The van der Waals surface area contributed by atoms with Crippen LogP contribution in [0.1, 0.15) is 70.2 Å². The van der Waals surface area contributed by atoms with Crippen LogP contribution in [0.2, 0.25) is 0 Å². The van der Waals surface area contributed by atoms with Gasteiger partial charge in [0.1, 0.15) is 5.76 Å². The lowest BCUT2D eigenvalue weighted by molar-refractivity contribution is 0.209. The maximum Gasteiger partial charge on any atom is 0.108 e. The number of hydrogen-bond donors (Lipinski definition) is 1. The van der Waals surface area contributed by atoms with E-state index in [9.17, 15) is 0 Å². The van der Waals surface area contributed by atoms with Crippen molar-refractivity contribution in [2.24, 2.45) is 11.8 Å². The number of hydrogen-bond acceptors (Lipinski definition) is 2. The van der Waals surface area contributed by atoms with Crippen molar-refractivity contribution in [1.82, 2.24) is 5.32 Å². The number of nitrogens with one attached hydrogen (secondary N) is 1. The summed E-state index contributed by atoms with van der Waals surface area (Å²) in [6.07, 6.45) is 9.75. The zero-order valence-corrected chi connectivity index (χ0v) is 12.7. The Labute approximate surface area is 118 Å². The first-order valence-electron chi connectivity index (χ1n) is 8.09. The van der Waals surface area contributed by atoms with Crippen molar-refractivity contribution >= 4 is 0 Å². The molecule has 3 unspecified atom stereocenters. The predicted octanol–water partition coefficient (Wildman–Crippen LogP) is 4.71. The van der Waals surface area contributed by atoms with Crippen molar-refractivity contribution in [3.05, 3.63) is 23.7 Å². The van der Waals surface area contributed by atoms with Gasteiger partial charge >= 0.3 is 0 Å². The third kappa shape index (κ3) is 3.42. The van der Waals surface area contributed by atoms with Crippen LogP contribution < -0.4 is 5.32 Å². The molecule has 1 aliphatic carbocycles. The van der Waals surface area contributed by atoms with Gasteiger partial charge in [-0.1, -0.05) is 40.0 Å². The fourth-order valence-corrected chi connectivity index (χ4v) is 3.67. The van der Waals surface area contributed by atoms with E-state index in [1.807, 2.05) is 6.26 Å². The zero-order chi connectivity index (χ0) is 13.7. The van der Waals surface area contributed by atoms with Crippen LogP contribution in [0.3, 0.4) is 0 Å². The molecule has 108 valence electrons. The average Bonchev–Trinajstić information content (AvgIpc) is 2.93. The molecule has 2 nitrogen and oxygen atoms in total. The molecule has 0 aromatic carbocycles. The molecule has 1 aromatic heterocycles. The highest BCUT2D eigenvalue weighted by Crippen LogP contribution is 2.39. The molecule has 2 heteroatoms. The molecule has 0 saturated heterocycles. The monoisotopic (exact) mass is 263 g/mol. The Balaban J connectivity index is 2.15. The Morgan fingerprint density at radius 1 is 1.32 bits per heavy atom. The third-order valence-corrected chi connectivity index (χ3v) is 4.73. The van der Waals surface area contributed by atoms with Crippen LogP contribution in [0, 0.1) is 11.8 Å². The molecular formula is C17H29NO. The standard InChI is InChI=1S/C17H29NO/c1-4-13-8-7-9-14(12-13)17(18-6-3)15-10-11-19-16(15)5-2/h10-11,13-14,17-18H,4-9,12H2,1-3H3. The third-order valence-electron chi connectivity index (χ3n) is 4.73. The van der Waals surface area contributed by atoms with E-state index in [4.69, 9.17) is 4.42 Å². The van der Waals surface area contributed by atoms with Crippen LogP contribution in [0.25, 0.3) is 0 Å². The summed E-state index contributed by atoms with van der Waals surface area (Å²) in [6.45, 7) is 7.76. The maximum atomic E-state index is 5.65. The minimum absolute atomic E-state index is 0.494. The smallest absolute Gasteiger partial charge is 0.108 e. The summed E-state index contributed by atoms with van der Waals surface area (Å²) < 4.78 is 5.65. The van der Waals surface area contributed by atoms with E-state index in [0.29, 0.717) is 6.04 Å². The van der Waals surface area contributed by atoms with Gasteiger partial charge in [0, 0.05) is 18.0 Å². The van der Waals surface area contributed by atoms with E-state index in [2.05, 4.69) is 32.2 Å². The van der Waals surface area contributed by atoms with Crippen molar-refractivity contribution < 1.29 is 4.42 Å². The first-order chi connectivity index (χ1) is 9.30. The highest BCUT2D eigenvalue weighted by atomic mass is 16.3. The molecule has 0 spiro atoms.